The third kappa shape index (κ3) is 2.97. The number of nitrogens with zero attached hydrogens (tertiary/aromatic N) is 4. The minimum Gasteiger partial charge on any atom is -0.481 e. The normalized spacial score (nSPS) is 10.2. The first-order valence-electron chi connectivity index (χ1n) is 5.94. The molecule has 0 radical (unpaired) electrons. The maximum absolute atomic E-state index is 10.6. The molecule has 1 aromatic heterocycles. The van der Waals surface area contributed by atoms with E-state index in [1.807, 2.05) is 17.6 Å². The molecule has 7 heteroatoms. The molecule has 0 fully saturated rings. The van der Waals surface area contributed by atoms with Crippen LogP contribution in [0.5, 0.6) is 0 Å². The molecule has 0 spiro atoms. The van der Waals surface area contributed by atoms with E-state index < -0.39 is 5.97 Å². The fraction of sp³-hybridized carbons (Fsp3) is 0.231. The lowest BCUT2D eigenvalue weighted by Gasteiger charge is -2.06. The van der Waals surface area contributed by atoms with Gasteiger partial charge in [-0.2, -0.15) is 5.26 Å². The monoisotopic (exact) mass is 288 g/mol. The van der Waals surface area contributed by atoms with Crippen LogP contribution in [-0.4, -0.2) is 31.6 Å². The fourth-order valence-electron chi connectivity index (χ4n) is 1.75. The van der Waals surface area contributed by atoms with Crippen LogP contribution in [0.1, 0.15) is 12.5 Å². The molecule has 6 nitrogen and oxygen atoms in total. The van der Waals surface area contributed by atoms with E-state index in [0.717, 1.165) is 17.3 Å². The highest BCUT2D eigenvalue weighted by molar-refractivity contribution is 7.99. The average molecular weight is 288 g/mol. The Kier molecular flexibility index (Phi) is 4.38. The number of carbonyl (C=O) groups is 1. The highest BCUT2D eigenvalue weighted by Crippen LogP contribution is 2.24. The van der Waals surface area contributed by atoms with Gasteiger partial charge in [0, 0.05) is 12.1 Å². The zero-order valence-electron chi connectivity index (χ0n) is 10.8. The summed E-state index contributed by atoms with van der Waals surface area (Å²) in [5, 5.41) is 26.3. The standard InChI is InChI=1S/C13H12N4O2S/c1-2-17-12(10-5-3-4-9(6-10)7-14)15-16-13(17)20-8-11(18)19/h3-6H,2,8H2,1H3,(H,18,19). The molecule has 0 bridgehead atoms. The van der Waals surface area contributed by atoms with Gasteiger partial charge in [-0.1, -0.05) is 23.9 Å². The number of rotatable bonds is 5. The highest BCUT2D eigenvalue weighted by Gasteiger charge is 2.14. The largest absolute Gasteiger partial charge is 0.481 e. The van der Waals surface area contributed by atoms with E-state index in [1.165, 1.54) is 0 Å². The van der Waals surface area contributed by atoms with Gasteiger partial charge in [0.1, 0.15) is 0 Å². The van der Waals surface area contributed by atoms with Crippen molar-refractivity contribution in [3.8, 4) is 17.5 Å². The van der Waals surface area contributed by atoms with Crippen LogP contribution in [0, 0.1) is 11.3 Å². The predicted octanol–water partition coefficient (Wildman–Crippen LogP) is 2.01. The summed E-state index contributed by atoms with van der Waals surface area (Å²) in [6.07, 6.45) is 0. The molecule has 0 saturated carbocycles. The summed E-state index contributed by atoms with van der Waals surface area (Å²) in [5.74, 6) is -0.317. The van der Waals surface area contributed by atoms with Crippen molar-refractivity contribution in [1.82, 2.24) is 14.8 Å². The molecular formula is C13H12N4O2S. The number of hydrogen-bond donors (Lipinski definition) is 1. The van der Waals surface area contributed by atoms with Crippen LogP contribution in [0.3, 0.4) is 0 Å². The van der Waals surface area contributed by atoms with Crippen LogP contribution in [0.4, 0.5) is 0 Å². The molecule has 102 valence electrons. The van der Waals surface area contributed by atoms with E-state index in [2.05, 4.69) is 16.3 Å². The molecule has 0 aliphatic carbocycles. The van der Waals surface area contributed by atoms with E-state index in [0.29, 0.717) is 23.1 Å². The molecule has 0 aliphatic heterocycles. The van der Waals surface area contributed by atoms with Gasteiger partial charge in [-0.25, -0.2) is 0 Å². The van der Waals surface area contributed by atoms with Crippen molar-refractivity contribution in [2.24, 2.45) is 0 Å². The molecule has 0 saturated heterocycles. The molecule has 2 aromatic rings. The Morgan fingerprint density at radius 1 is 1.50 bits per heavy atom. The number of nitriles is 1. The molecule has 0 unspecified atom stereocenters. The van der Waals surface area contributed by atoms with Gasteiger partial charge >= 0.3 is 5.97 Å². The van der Waals surface area contributed by atoms with Crippen LogP contribution in [0.15, 0.2) is 29.4 Å². The second-order valence-corrected chi connectivity index (χ2v) is 4.87. The van der Waals surface area contributed by atoms with Crippen LogP contribution in [0.2, 0.25) is 0 Å². The van der Waals surface area contributed by atoms with Gasteiger partial charge in [0.05, 0.1) is 17.4 Å². The van der Waals surface area contributed by atoms with E-state index in [4.69, 9.17) is 10.4 Å². The molecule has 0 amide bonds. The van der Waals surface area contributed by atoms with Gasteiger partial charge in [0.2, 0.25) is 0 Å². The Bertz CT molecular complexity index is 675. The third-order valence-corrected chi connectivity index (χ3v) is 3.56. The number of thioether (sulfide) groups is 1. The van der Waals surface area contributed by atoms with Gasteiger partial charge in [-0.15, -0.1) is 10.2 Å². The molecule has 1 N–H and O–H groups in total. The summed E-state index contributed by atoms with van der Waals surface area (Å²) >= 11 is 1.13. The summed E-state index contributed by atoms with van der Waals surface area (Å²) < 4.78 is 1.84. The Labute approximate surface area is 120 Å². The lowest BCUT2D eigenvalue weighted by molar-refractivity contribution is -0.133. The van der Waals surface area contributed by atoms with E-state index >= 15 is 0 Å². The van der Waals surface area contributed by atoms with Crippen molar-refractivity contribution in [3.05, 3.63) is 29.8 Å². The maximum atomic E-state index is 10.6. The first kappa shape index (κ1) is 14.1. The second-order valence-electron chi connectivity index (χ2n) is 3.93. The molecular weight excluding hydrogens is 276 g/mol. The SMILES string of the molecule is CCn1c(SCC(=O)O)nnc1-c1cccc(C#N)c1. The third-order valence-electron chi connectivity index (χ3n) is 2.61. The van der Waals surface area contributed by atoms with Crippen molar-refractivity contribution >= 4 is 17.7 Å². The smallest absolute Gasteiger partial charge is 0.313 e. The Morgan fingerprint density at radius 2 is 2.30 bits per heavy atom. The molecule has 1 aromatic carbocycles. The van der Waals surface area contributed by atoms with E-state index in [9.17, 15) is 4.79 Å². The van der Waals surface area contributed by atoms with Crippen LogP contribution >= 0.6 is 11.8 Å². The minimum atomic E-state index is -0.895. The molecule has 1 heterocycles. The highest BCUT2D eigenvalue weighted by atomic mass is 32.2. The van der Waals surface area contributed by atoms with Gasteiger partial charge in [0.15, 0.2) is 11.0 Å². The average Bonchev–Trinajstić information content (AvgIpc) is 2.88. The molecule has 20 heavy (non-hydrogen) atoms. The van der Waals surface area contributed by atoms with Crippen molar-refractivity contribution in [1.29, 1.82) is 5.26 Å². The summed E-state index contributed by atoms with van der Waals surface area (Å²) in [6.45, 7) is 2.56. The number of benzene rings is 1. The van der Waals surface area contributed by atoms with Gasteiger partial charge in [0.25, 0.3) is 0 Å². The van der Waals surface area contributed by atoms with Gasteiger partial charge < -0.3 is 9.67 Å². The summed E-state index contributed by atoms with van der Waals surface area (Å²) in [7, 11) is 0. The van der Waals surface area contributed by atoms with Gasteiger partial charge in [-0.05, 0) is 19.1 Å². The zero-order chi connectivity index (χ0) is 14.5. The fourth-order valence-corrected chi connectivity index (χ4v) is 2.47. The van der Waals surface area contributed by atoms with E-state index in [1.54, 1.807) is 18.2 Å². The summed E-state index contributed by atoms with van der Waals surface area (Å²) in [5.41, 5.74) is 1.34. The number of carboxylic acid groups (broad SMARTS) is 1. The molecule has 2 rings (SSSR count). The van der Waals surface area contributed by atoms with Crippen LogP contribution < -0.4 is 0 Å². The lowest BCUT2D eigenvalue weighted by atomic mass is 10.1. The first-order valence-corrected chi connectivity index (χ1v) is 6.92. The molecule has 0 aliphatic rings. The maximum Gasteiger partial charge on any atom is 0.313 e. The predicted molar refractivity (Wildman–Crippen MR) is 74.2 cm³/mol. The zero-order valence-corrected chi connectivity index (χ0v) is 11.6. The van der Waals surface area contributed by atoms with E-state index in [-0.39, 0.29) is 5.75 Å². The van der Waals surface area contributed by atoms with Crippen LogP contribution in [0.25, 0.3) is 11.4 Å². The number of aromatic nitrogens is 3. The lowest BCUT2D eigenvalue weighted by Crippen LogP contribution is -2.03. The van der Waals surface area contributed by atoms with Gasteiger partial charge in [-0.3, -0.25) is 4.79 Å². The van der Waals surface area contributed by atoms with Crippen molar-refractivity contribution in [3.63, 3.8) is 0 Å². The van der Waals surface area contributed by atoms with Crippen molar-refractivity contribution in [2.45, 2.75) is 18.6 Å². The number of hydrogen-bond acceptors (Lipinski definition) is 5. The van der Waals surface area contributed by atoms with Crippen molar-refractivity contribution < 1.29 is 9.90 Å². The summed E-state index contributed by atoms with van der Waals surface area (Å²) in [6, 6.07) is 9.17. The second kappa shape index (κ2) is 6.21. The minimum absolute atomic E-state index is 0.0592. The Morgan fingerprint density at radius 3 is 2.95 bits per heavy atom. The first-order chi connectivity index (χ1) is 9.65. The van der Waals surface area contributed by atoms with Crippen LogP contribution in [-0.2, 0) is 11.3 Å². The Balaban J connectivity index is 2.37. The number of aliphatic carboxylic acids is 1. The van der Waals surface area contributed by atoms with Crippen molar-refractivity contribution in [2.75, 3.05) is 5.75 Å². The quantitative estimate of drug-likeness (QED) is 0.846. The Hall–Kier alpha value is -2.33. The number of carboxylic acids is 1. The molecule has 0 atom stereocenters. The summed E-state index contributed by atoms with van der Waals surface area (Å²) in [4.78, 5) is 10.6. The topological polar surface area (TPSA) is 91.8 Å².